The molecule has 2 aromatic heterocycles. The van der Waals surface area contributed by atoms with Crippen molar-refractivity contribution in [2.24, 2.45) is 0 Å². The zero-order valence-corrected chi connectivity index (χ0v) is 12.0. The number of aromatic nitrogens is 4. The summed E-state index contributed by atoms with van der Waals surface area (Å²) in [5.41, 5.74) is 0.822. The molecule has 0 saturated heterocycles. The Morgan fingerprint density at radius 3 is 2.91 bits per heavy atom. The minimum absolute atomic E-state index is 0.00396. The fourth-order valence-electron chi connectivity index (χ4n) is 1.84. The number of nitrogens with one attached hydrogen (secondary N) is 2. The standard InChI is InChI=1S/C14H17N5O3/c20-12(4-1-5-13(21)22)16-8-6-11-17-14(19-18-11)10-3-2-7-15-9-10/h2-3,7,9H,1,4-6,8H2,(H,16,20)(H,21,22)(H,17,18,19). The third-order valence-electron chi connectivity index (χ3n) is 2.93. The van der Waals surface area contributed by atoms with Crippen molar-refractivity contribution >= 4 is 11.9 Å². The molecule has 116 valence electrons. The zero-order chi connectivity index (χ0) is 15.8. The second-order valence-corrected chi connectivity index (χ2v) is 4.69. The van der Waals surface area contributed by atoms with Gasteiger partial charge in [-0.2, -0.15) is 5.10 Å². The first-order chi connectivity index (χ1) is 10.6. The van der Waals surface area contributed by atoms with Gasteiger partial charge in [0.05, 0.1) is 0 Å². The van der Waals surface area contributed by atoms with E-state index in [1.807, 2.05) is 12.1 Å². The van der Waals surface area contributed by atoms with E-state index in [2.05, 4.69) is 25.5 Å². The Morgan fingerprint density at radius 2 is 2.18 bits per heavy atom. The van der Waals surface area contributed by atoms with Gasteiger partial charge in [0.25, 0.3) is 0 Å². The maximum absolute atomic E-state index is 11.5. The Kier molecular flexibility index (Phi) is 5.58. The molecule has 0 aromatic carbocycles. The van der Waals surface area contributed by atoms with Crippen LogP contribution >= 0.6 is 0 Å². The number of nitrogens with zero attached hydrogens (tertiary/aromatic N) is 3. The fraction of sp³-hybridized carbons (Fsp3) is 0.357. The molecule has 0 aliphatic rings. The minimum atomic E-state index is -0.891. The molecular weight excluding hydrogens is 286 g/mol. The quantitative estimate of drug-likeness (QED) is 0.662. The first-order valence-corrected chi connectivity index (χ1v) is 6.95. The van der Waals surface area contributed by atoms with Crippen LogP contribution in [0, 0.1) is 0 Å². The highest BCUT2D eigenvalue weighted by molar-refractivity contribution is 5.76. The van der Waals surface area contributed by atoms with E-state index in [9.17, 15) is 9.59 Å². The topological polar surface area (TPSA) is 121 Å². The number of hydrogen-bond donors (Lipinski definition) is 3. The average Bonchev–Trinajstić information content (AvgIpc) is 2.97. The van der Waals surface area contributed by atoms with Gasteiger partial charge in [-0.05, 0) is 18.6 Å². The third kappa shape index (κ3) is 4.97. The van der Waals surface area contributed by atoms with Gasteiger partial charge in [0, 0.05) is 43.8 Å². The first kappa shape index (κ1) is 15.6. The minimum Gasteiger partial charge on any atom is -0.481 e. The highest BCUT2D eigenvalue weighted by atomic mass is 16.4. The van der Waals surface area contributed by atoms with Crippen molar-refractivity contribution in [2.45, 2.75) is 25.7 Å². The van der Waals surface area contributed by atoms with E-state index in [1.54, 1.807) is 12.4 Å². The summed E-state index contributed by atoms with van der Waals surface area (Å²) in [6, 6.07) is 3.67. The van der Waals surface area contributed by atoms with Gasteiger partial charge in [-0.3, -0.25) is 19.7 Å². The van der Waals surface area contributed by atoms with Gasteiger partial charge in [0.2, 0.25) is 5.91 Å². The van der Waals surface area contributed by atoms with Gasteiger partial charge in [-0.15, -0.1) is 0 Å². The molecule has 22 heavy (non-hydrogen) atoms. The van der Waals surface area contributed by atoms with Crippen LogP contribution in [-0.4, -0.2) is 43.7 Å². The van der Waals surface area contributed by atoms with Gasteiger partial charge in [0.1, 0.15) is 5.82 Å². The highest BCUT2D eigenvalue weighted by Crippen LogP contribution is 2.11. The molecule has 8 heteroatoms. The lowest BCUT2D eigenvalue weighted by Crippen LogP contribution is -2.25. The molecule has 0 aliphatic carbocycles. The summed E-state index contributed by atoms with van der Waals surface area (Å²) < 4.78 is 0. The number of H-pyrrole nitrogens is 1. The van der Waals surface area contributed by atoms with Crippen molar-refractivity contribution in [1.29, 1.82) is 0 Å². The molecule has 0 bridgehead atoms. The summed E-state index contributed by atoms with van der Waals surface area (Å²) in [7, 11) is 0. The van der Waals surface area contributed by atoms with Crippen LogP contribution < -0.4 is 5.32 Å². The first-order valence-electron chi connectivity index (χ1n) is 6.95. The molecule has 0 radical (unpaired) electrons. The summed E-state index contributed by atoms with van der Waals surface area (Å²) in [4.78, 5) is 30.2. The molecule has 2 rings (SSSR count). The van der Waals surface area contributed by atoms with Crippen molar-refractivity contribution < 1.29 is 14.7 Å². The molecule has 1 amide bonds. The van der Waals surface area contributed by atoms with Crippen LogP contribution in [0.1, 0.15) is 25.1 Å². The lowest BCUT2D eigenvalue weighted by molar-refractivity contribution is -0.137. The number of hydrogen-bond acceptors (Lipinski definition) is 5. The molecule has 2 heterocycles. The molecule has 0 saturated carbocycles. The number of rotatable bonds is 8. The normalized spacial score (nSPS) is 10.4. The number of aliphatic carboxylic acids is 1. The van der Waals surface area contributed by atoms with Gasteiger partial charge in [0.15, 0.2) is 5.82 Å². The summed E-state index contributed by atoms with van der Waals surface area (Å²) in [6.45, 7) is 0.424. The van der Waals surface area contributed by atoms with E-state index in [0.717, 1.165) is 5.56 Å². The summed E-state index contributed by atoms with van der Waals surface area (Å²) in [5.74, 6) is 0.186. The van der Waals surface area contributed by atoms with Crippen molar-refractivity contribution in [3.8, 4) is 11.4 Å². The highest BCUT2D eigenvalue weighted by Gasteiger charge is 2.07. The Hall–Kier alpha value is -2.77. The molecule has 0 atom stereocenters. The Morgan fingerprint density at radius 1 is 1.32 bits per heavy atom. The smallest absolute Gasteiger partial charge is 0.303 e. The second kappa shape index (κ2) is 7.87. The third-order valence-corrected chi connectivity index (χ3v) is 2.93. The van der Waals surface area contributed by atoms with Crippen molar-refractivity contribution in [3.05, 3.63) is 30.4 Å². The van der Waals surface area contributed by atoms with Crippen LogP contribution in [0.3, 0.4) is 0 Å². The van der Waals surface area contributed by atoms with Crippen LogP contribution in [0.4, 0.5) is 0 Å². The van der Waals surface area contributed by atoms with Crippen molar-refractivity contribution in [3.63, 3.8) is 0 Å². The Labute approximate surface area is 127 Å². The SMILES string of the molecule is O=C(O)CCCC(=O)NCCc1nc(-c2cccnc2)n[nH]1. The van der Waals surface area contributed by atoms with Gasteiger partial charge < -0.3 is 10.4 Å². The van der Waals surface area contributed by atoms with E-state index in [1.165, 1.54) is 0 Å². The molecule has 0 fully saturated rings. The number of aromatic amines is 1. The maximum atomic E-state index is 11.5. The van der Waals surface area contributed by atoms with Crippen LogP contribution in [0.2, 0.25) is 0 Å². The lowest BCUT2D eigenvalue weighted by atomic mass is 10.2. The molecule has 0 spiro atoms. The Balaban J connectivity index is 1.73. The molecular formula is C14H17N5O3. The predicted octanol–water partition coefficient (Wildman–Crippen LogP) is 0.780. The Bertz CT molecular complexity index is 626. The van der Waals surface area contributed by atoms with E-state index in [-0.39, 0.29) is 18.7 Å². The van der Waals surface area contributed by atoms with Crippen LogP contribution in [0.25, 0.3) is 11.4 Å². The number of carboxylic acid groups (broad SMARTS) is 1. The van der Waals surface area contributed by atoms with E-state index in [4.69, 9.17) is 5.11 Å². The number of carbonyl (C=O) groups excluding carboxylic acids is 1. The van der Waals surface area contributed by atoms with E-state index < -0.39 is 5.97 Å². The number of carboxylic acids is 1. The molecule has 8 nitrogen and oxygen atoms in total. The van der Waals surface area contributed by atoms with Crippen LogP contribution in [0.15, 0.2) is 24.5 Å². The molecule has 0 unspecified atom stereocenters. The summed E-state index contributed by atoms with van der Waals surface area (Å²) in [6.07, 6.45) is 4.44. The summed E-state index contributed by atoms with van der Waals surface area (Å²) >= 11 is 0. The molecule has 0 aliphatic heterocycles. The van der Waals surface area contributed by atoms with E-state index >= 15 is 0 Å². The zero-order valence-electron chi connectivity index (χ0n) is 12.0. The number of pyridine rings is 1. The van der Waals surface area contributed by atoms with Crippen molar-refractivity contribution in [2.75, 3.05) is 6.54 Å². The number of carbonyl (C=O) groups is 2. The van der Waals surface area contributed by atoms with Crippen LogP contribution in [0.5, 0.6) is 0 Å². The van der Waals surface area contributed by atoms with E-state index in [0.29, 0.717) is 31.0 Å². The van der Waals surface area contributed by atoms with Gasteiger partial charge >= 0.3 is 5.97 Å². The summed E-state index contributed by atoms with van der Waals surface area (Å²) in [5, 5.41) is 18.1. The lowest BCUT2D eigenvalue weighted by Gasteiger charge is -2.02. The fourth-order valence-corrected chi connectivity index (χ4v) is 1.84. The van der Waals surface area contributed by atoms with Crippen molar-refractivity contribution in [1.82, 2.24) is 25.5 Å². The maximum Gasteiger partial charge on any atom is 0.303 e. The second-order valence-electron chi connectivity index (χ2n) is 4.69. The largest absolute Gasteiger partial charge is 0.481 e. The predicted molar refractivity (Wildman–Crippen MR) is 77.8 cm³/mol. The number of amides is 1. The van der Waals surface area contributed by atoms with Gasteiger partial charge in [-0.25, -0.2) is 4.98 Å². The average molecular weight is 303 g/mol. The molecule has 3 N–H and O–H groups in total. The monoisotopic (exact) mass is 303 g/mol. The molecule has 2 aromatic rings. The van der Waals surface area contributed by atoms with Gasteiger partial charge in [-0.1, -0.05) is 0 Å². The van der Waals surface area contributed by atoms with Crippen LogP contribution in [-0.2, 0) is 16.0 Å².